The van der Waals surface area contributed by atoms with Crippen LogP contribution in [0.5, 0.6) is 0 Å². The summed E-state index contributed by atoms with van der Waals surface area (Å²) in [6.45, 7) is 2.85. The summed E-state index contributed by atoms with van der Waals surface area (Å²) in [6, 6.07) is 8.08. The Morgan fingerprint density at radius 3 is 2.60 bits per heavy atom. The molecule has 2 N–H and O–H groups in total. The van der Waals surface area contributed by atoms with Gasteiger partial charge in [0.05, 0.1) is 17.8 Å². The SMILES string of the molecule is CN(O)C(=O)c1cc2c(CN3CCC(O)CC3)cn(Cc3ccc(F)cc3)c2cn1. The molecular formula is C22H25FN4O3. The van der Waals surface area contributed by atoms with Crippen molar-refractivity contribution in [2.45, 2.75) is 32.0 Å². The van der Waals surface area contributed by atoms with Crippen LogP contribution in [0.15, 0.2) is 42.7 Å². The van der Waals surface area contributed by atoms with Crippen LogP contribution in [-0.4, -0.2) is 62.0 Å². The van der Waals surface area contributed by atoms with E-state index in [2.05, 4.69) is 9.88 Å². The van der Waals surface area contributed by atoms with Gasteiger partial charge in [-0.25, -0.2) is 14.4 Å². The third kappa shape index (κ3) is 4.35. The van der Waals surface area contributed by atoms with Crippen molar-refractivity contribution >= 4 is 16.8 Å². The van der Waals surface area contributed by atoms with E-state index < -0.39 is 5.91 Å². The number of hydrogen-bond acceptors (Lipinski definition) is 5. The van der Waals surface area contributed by atoms with E-state index in [9.17, 15) is 19.5 Å². The molecule has 0 spiro atoms. The van der Waals surface area contributed by atoms with Crippen molar-refractivity contribution in [3.05, 3.63) is 65.4 Å². The Morgan fingerprint density at radius 2 is 1.93 bits per heavy atom. The van der Waals surface area contributed by atoms with Gasteiger partial charge in [0.25, 0.3) is 5.91 Å². The van der Waals surface area contributed by atoms with Crippen LogP contribution in [0.3, 0.4) is 0 Å². The van der Waals surface area contributed by atoms with E-state index in [0.717, 1.165) is 48.0 Å². The molecule has 1 aliphatic rings. The Labute approximate surface area is 173 Å². The first kappa shape index (κ1) is 20.5. The number of nitrogens with zero attached hydrogens (tertiary/aromatic N) is 4. The minimum absolute atomic E-state index is 0.169. The molecule has 0 unspecified atom stereocenters. The molecule has 0 saturated carbocycles. The molecule has 7 nitrogen and oxygen atoms in total. The van der Waals surface area contributed by atoms with Gasteiger partial charge in [-0.1, -0.05) is 12.1 Å². The second-order valence-electron chi connectivity index (χ2n) is 7.83. The van der Waals surface area contributed by atoms with Crippen LogP contribution >= 0.6 is 0 Å². The molecule has 3 heterocycles. The first-order chi connectivity index (χ1) is 14.4. The zero-order valence-electron chi connectivity index (χ0n) is 16.8. The Hall–Kier alpha value is -2.81. The molecule has 0 bridgehead atoms. The van der Waals surface area contributed by atoms with E-state index in [1.54, 1.807) is 24.4 Å². The molecule has 0 radical (unpaired) electrons. The van der Waals surface area contributed by atoms with Gasteiger partial charge < -0.3 is 9.67 Å². The highest BCUT2D eigenvalue weighted by atomic mass is 19.1. The summed E-state index contributed by atoms with van der Waals surface area (Å²) in [6.07, 6.45) is 4.93. The number of carbonyl (C=O) groups excluding carboxylic acids is 1. The number of benzene rings is 1. The van der Waals surface area contributed by atoms with Crippen LogP contribution in [0.1, 0.15) is 34.5 Å². The van der Waals surface area contributed by atoms with Crippen molar-refractivity contribution in [3.63, 3.8) is 0 Å². The fraction of sp³-hybridized carbons (Fsp3) is 0.364. The number of rotatable bonds is 5. The number of amides is 1. The van der Waals surface area contributed by atoms with Crippen LogP contribution in [0.25, 0.3) is 10.9 Å². The fourth-order valence-electron chi connectivity index (χ4n) is 3.91. The molecule has 158 valence electrons. The second kappa shape index (κ2) is 8.51. The summed E-state index contributed by atoms with van der Waals surface area (Å²) in [7, 11) is 1.27. The summed E-state index contributed by atoms with van der Waals surface area (Å²) in [5.74, 6) is -0.850. The number of aliphatic hydroxyl groups is 1. The normalized spacial score (nSPS) is 15.6. The molecular weight excluding hydrogens is 387 g/mol. The predicted octanol–water partition coefficient (Wildman–Crippen LogP) is 2.64. The Bertz CT molecular complexity index is 1040. The molecule has 0 atom stereocenters. The van der Waals surface area contributed by atoms with Gasteiger partial charge in [-0.2, -0.15) is 0 Å². The molecule has 1 fully saturated rings. The highest BCUT2D eigenvalue weighted by Gasteiger charge is 2.20. The fourth-order valence-corrected chi connectivity index (χ4v) is 3.91. The lowest BCUT2D eigenvalue weighted by atomic mass is 10.1. The molecule has 1 amide bonds. The Kier molecular flexibility index (Phi) is 5.80. The number of hydroxylamine groups is 2. The first-order valence-electron chi connectivity index (χ1n) is 10.0. The van der Waals surface area contributed by atoms with Gasteiger partial charge in [-0.05, 0) is 42.2 Å². The van der Waals surface area contributed by atoms with Crippen LogP contribution in [0, 0.1) is 5.82 Å². The van der Waals surface area contributed by atoms with E-state index in [0.29, 0.717) is 18.2 Å². The van der Waals surface area contributed by atoms with Gasteiger partial charge in [0.1, 0.15) is 11.5 Å². The number of aliphatic hydroxyl groups excluding tert-OH is 1. The molecule has 3 aromatic rings. The van der Waals surface area contributed by atoms with Crippen molar-refractivity contribution in [1.82, 2.24) is 19.5 Å². The summed E-state index contributed by atoms with van der Waals surface area (Å²) in [4.78, 5) is 18.7. The number of pyridine rings is 1. The zero-order valence-corrected chi connectivity index (χ0v) is 16.8. The first-order valence-corrected chi connectivity index (χ1v) is 10.0. The van der Waals surface area contributed by atoms with Crippen LogP contribution < -0.4 is 0 Å². The van der Waals surface area contributed by atoms with E-state index in [4.69, 9.17) is 0 Å². The quantitative estimate of drug-likeness (QED) is 0.497. The monoisotopic (exact) mass is 412 g/mol. The topological polar surface area (TPSA) is 81.8 Å². The molecule has 4 rings (SSSR count). The van der Waals surface area contributed by atoms with Crippen molar-refractivity contribution < 1.29 is 19.5 Å². The largest absolute Gasteiger partial charge is 0.393 e. The number of carbonyl (C=O) groups is 1. The molecule has 1 saturated heterocycles. The molecule has 1 aliphatic heterocycles. The Morgan fingerprint density at radius 1 is 1.23 bits per heavy atom. The van der Waals surface area contributed by atoms with Gasteiger partial charge in [-0.3, -0.25) is 14.9 Å². The number of piperidine rings is 1. The van der Waals surface area contributed by atoms with E-state index in [-0.39, 0.29) is 17.6 Å². The van der Waals surface area contributed by atoms with Gasteiger partial charge in [0.2, 0.25) is 0 Å². The maximum Gasteiger partial charge on any atom is 0.295 e. The van der Waals surface area contributed by atoms with Crippen molar-refractivity contribution in [2.24, 2.45) is 0 Å². The van der Waals surface area contributed by atoms with E-state index in [1.807, 2.05) is 10.8 Å². The lowest BCUT2D eigenvalue weighted by molar-refractivity contribution is -0.0379. The third-order valence-corrected chi connectivity index (χ3v) is 5.58. The molecule has 30 heavy (non-hydrogen) atoms. The maximum atomic E-state index is 13.3. The van der Waals surface area contributed by atoms with Gasteiger partial charge in [-0.15, -0.1) is 0 Å². The number of aromatic nitrogens is 2. The van der Waals surface area contributed by atoms with Crippen LogP contribution in [0.2, 0.25) is 0 Å². The minimum Gasteiger partial charge on any atom is -0.393 e. The number of likely N-dealkylation sites (tertiary alicyclic amines) is 1. The molecule has 1 aromatic carbocycles. The second-order valence-corrected chi connectivity index (χ2v) is 7.83. The van der Waals surface area contributed by atoms with E-state index >= 15 is 0 Å². The average molecular weight is 412 g/mol. The maximum absolute atomic E-state index is 13.3. The summed E-state index contributed by atoms with van der Waals surface area (Å²) in [5.41, 5.74) is 3.03. The number of halogens is 1. The molecule has 0 aliphatic carbocycles. The predicted molar refractivity (Wildman–Crippen MR) is 110 cm³/mol. The minimum atomic E-state index is -0.574. The van der Waals surface area contributed by atoms with Crippen LogP contribution in [-0.2, 0) is 13.1 Å². The number of hydrogen-bond donors (Lipinski definition) is 2. The smallest absolute Gasteiger partial charge is 0.295 e. The van der Waals surface area contributed by atoms with Gasteiger partial charge in [0.15, 0.2) is 0 Å². The lowest BCUT2D eigenvalue weighted by Gasteiger charge is -2.29. The zero-order chi connectivity index (χ0) is 21.3. The summed E-state index contributed by atoms with van der Waals surface area (Å²) >= 11 is 0. The molecule has 2 aromatic heterocycles. The van der Waals surface area contributed by atoms with Crippen LogP contribution in [0.4, 0.5) is 4.39 Å². The lowest BCUT2D eigenvalue weighted by Crippen LogP contribution is -2.35. The standard InChI is InChI=1S/C22H25FN4O3/c1-25(30)22(29)20-10-19-16(13-26-8-6-18(28)7-9-26)14-27(21(19)11-24-20)12-15-2-4-17(23)5-3-15/h2-5,10-11,14,18,28,30H,6-9,12-13H2,1H3. The Balaban J connectivity index is 1.70. The van der Waals surface area contributed by atoms with Crippen molar-refractivity contribution in [2.75, 3.05) is 20.1 Å². The summed E-state index contributed by atoms with van der Waals surface area (Å²) in [5, 5.41) is 20.7. The summed E-state index contributed by atoms with van der Waals surface area (Å²) < 4.78 is 15.3. The average Bonchev–Trinajstić information content (AvgIpc) is 3.07. The van der Waals surface area contributed by atoms with Crippen molar-refractivity contribution in [3.8, 4) is 0 Å². The van der Waals surface area contributed by atoms with Gasteiger partial charge in [0, 0.05) is 44.8 Å². The number of fused-ring (bicyclic) bond motifs is 1. The van der Waals surface area contributed by atoms with Crippen molar-refractivity contribution in [1.29, 1.82) is 0 Å². The molecule has 8 heteroatoms. The highest BCUT2D eigenvalue weighted by Crippen LogP contribution is 2.26. The van der Waals surface area contributed by atoms with Gasteiger partial charge >= 0.3 is 0 Å². The highest BCUT2D eigenvalue weighted by molar-refractivity contribution is 5.96. The third-order valence-electron chi connectivity index (χ3n) is 5.58. The van der Waals surface area contributed by atoms with E-state index in [1.165, 1.54) is 19.2 Å².